The van der Waals surface area contributed by atoms with Crippen molar-refractivity contribution in [2.75, 3.05) is 26.9 Å². The predicted octanol–water partition coefficient (Wildman–Crippen LogP) is 9.57. The van der Waals surface area contributed by atoms with E-state index in [0.717, 1.165) is 73.5 Å². The Morgan fingerprint density at radius 1 is 0.700 bits per heavy atom. The number of benzene rings is 4. The fraction of sp³-hybridized carbons (Fsp3) is 0.364. The van der Waals surface area contributed by atoms with Gasteiger partial charge in [0.05, 0.1) is 13.7 Å². The third-order valence-electron chi connectivity index (χ3n) is 10.3. The van der Waals surface area contributed by atoms with E-state index in [0.29, 0.717) is 24.2 Å². The molecule has 50 heavy (non-hydrogen) atoms. The van der Waals surface area contributed by atoms with Crippen LogP contribution >= 0.6 is 0 Å². The van der Waals surface area contributed by atoms with Gasteiger partial charge in [0.15, 0.2) is 6.61 Å². The van der Waals surface area contributed by atoms with Crippen molar-refractivity contribution in [3.05, 3.63) is 130 Å². The van der Waals surface area contributed by atoms with Gasteiger partial charge in [-0.25, -0.2) is 0 Å². The van der Waals surface area contributed by atoms with Gasteiger partial charge in [-0.3, -0.25) is 0 Å². The van der Waals surface area contributed by atoms with E-state index in [-0.39, 0.29) is 12.7 Å². The normalized spacial score (nSPS) is 20.7. The number of allylic oxidation sites excluding steroid dienone is 4. The molecule has 7 rings (SSSR count). The highest BCUT2D eigenvalue weighted by Gasteiger charge is 2.24. The molecule has 1 heterocycles. The highest BCUT2D eigenvalue weighted by atomic mass is 16.6. The van der Waals surface area contributed by atoms with E-state index in [4.69, 9.17) is 23.7 Å². The van der Waals surface area contributed by atoms with Crippen LogP contribution in [0.3, 0.4) is 0 Å². The molecule has 0 amide bonds. The average molecular weight is 673 g/mol. The van der Waals surface area contributed by atoms with Crippen molar-refractivity contribution in [2.24, 2.45) is 0 Å². The lowest BCUT2D eigenvalue weighted by Crippen LogP contribution is -2.24. The molecule has 4 unspecified atom stereocenters. The molecule has 4 aromatic carbocycles. The number of rotatable bonds is 13. The quantitative estimate of drug-likeness (QED) is 0.113. The van der Waals surface area contributed by atoms with Crippen LogP contribution < -0.4 is 18.9 Å². The van der Waals surface area contributed by atoms with Crippen LogP contribution in [0.5, 0.6) is 23.0 Å². The Labute approximate surface area is 296 Å². The van der Waals surface area contributed by atoms with Gasteiger partial charge in [-0.05, 0) is 157 Å². The van der Waals surface area contributed by atoms with Gasteiger partial charge in [0, 0.05) is 0 Å². The van der Waals surface area contributed by atoms with E-state index < -0.39 is 6.29 Å². The maximum Gasteiger partial charge on any atom is 0.231 e. The zero-order valence-corrected chi connectivity index (χ0v) is 29.4. The summed E-state index contributed by atoms with van der Waals surface area (Å²) in [6, 6.07) is 29.4. The van der Waals surface area contributed by atoms with Crippen LogP contribution in [-0.2, 0) is 4.74 Å². The third-order valence-corrected chi connectivity index (χ3v) is 10.3. The number of aryl methyl sites for hydroxylation is 2. The molecule has 0 bridgehead atoms. The number of epoxide rings is 1. The molecule has 2 aliphatic carbocycles. The number of aliphatic hydroxyl groups is 1. The van der Waals surface area contributed by atoms with Gasteiger partial charge in [0.25, 0.3) is 0 Å². The molecule has 0 radical (unpaired) electrons. The number of aliphatic hydroxyl groups excluding tert-OH is 1. The van der Waals surface area contributed by atoms with E-state index in [2.05, 4.69) is 80.6 Å². The molecule has 3 aliphatic rings. The minimum Gasteiger partial charge on any atom is -0.497 e. The topological polar surface area (TPSA) is 69.7 Å². The number of ether oxygens (including phenoxy) is 5. The van der Waals surface area contributed by atoms with Crippen LogP contribution in [0, 0.1) is 13.8 Å². The molecular weight excluding hydrogens is 624 g/mol. The van der Waals surface area contributed by atoms with Crippen molar-refractivity contribution in [3.8, 4) is 23.0 Å². The van der Waals surface area contributed by atoms with Crippen molar-refractivity contribution in [1.29, 1.82) is 0 Å². The highest BCUT2D eigenvalue weighted by Crippen LogP contribution is 2.39. The van der Waals surface area contributed by atoms with Crippen molar-refractivity contribution < 1.29 is 28.8 Å². The van der Waals surface area contributed by atoms with Gasteiger partial charge in [-0.2, -0.15) is 0 Å². The minimum absolute atomic E-state index is 0.0475. The van der Waals surface area contributed by atoms with Crippen LogP contribution in [0.1, 0.15) is 83.7 Å². The lowest BCUT2D eigenvalue weighted by Gasteiger charge is -2.23. The molecule has 0 saturated carbocycles. The maximum absolute atomic E-state index is 10.6. The van der Waals surface area contributed by atoms with E-state index in [9.17, 15) is 5.11 Å². The fourth-order valence-corrected chi connectivity index (χ4v) is 7.21. The largest absolute Gasteiger partial charge is 0.497 e. The fourth-order valence-electron chi connectivity index (χ4n) is 7.21. The molecule has 0 spiro atoms. The molecule has 4 atom stereocenters. The molecule has 6 heteroatoms. The van der Waals surface area contributed by atoms with Crippen molar-refractivity contribution >= 4 is 11.1 Å². The number of hydrogen-bond acceptors (Lipinski definition) is 6. The Morgan fingerprint density at radius 2 is 1.22 bits per heavy atom. The molecule has 1 N–H and O–H groups in total. The van der Waals surface area contributed by atoms with Crippen LogP contribution in [0.25, 0.3) is 11.1 Å². The first-order valence-electron chi connectivity index (χ1n) is 18.0. The van der Waals surface area contributed by atoms with E-state index in [1.165, 1.54) is 33.4 Å². The second-order valence-corrected chi connectivity index (χ2v) is 13.9. The molecule has 1 fully saturated rings. The summed E-state index contributed by atoms with van der Waals surface area (Å²) in [6.45, 7) is 5.64. The van der Waals surface area contributed by atoms with E-state index in [1.807, 2.05) is 30.3 Å². The average Bonchev–Trinajstić information content (AvgIpc) is 3.99. The van der Waals surface area contributed by atoms with Gasteiger partial charge < -0.3 is 28.8 Å². The first-order valence-corrected chi connectivity index (χ1v) is 18.0. The van der Waals surface area contributed by atoms with Crippen LogP contribution in [0.2, 0.25) is 0 Å². The van der Waals surface area contributed by atoms with Crippen LogP contribution in [0.15, 0.2) is 97.1 Å². The van der Waals surface area contributed by atoms with Crippen molar-refractivity contribution in [3.63, 3.8) is 0 Å². The summed E-state index contributed by atoms with van der Waals surface area (Å²) in [4.78, 5) is 0. The monoisotopic (exact) mass is 672 g/mol. The third kappa shape index (κ3) is 8.43. The van der Waals surface area contributed by atoms with Gasteiger partial charge in [-0.15, -0.1) is 0 Å². The Kier molecular flexibility index (Phi) is 10.6. The van der Waals surface area contributed by atoms with Crippen LogP contribution in [-0.4, -0.2) is 44.4 Å². The molecular formula is C44H48O6. The summed E-state index contributed by atoms with van der Waals surface area (Å²) in [6.07, 6.45) is 10.3. The minimum atomic E-state index is -1.07. The van der Waals surface area contributed by atoms with Gasteiger partial charge in [-0.1, -0.05) is 48.6 Å². The Bertz CT molecular complexity index is 1820. The van der Waals surface area contributed by atoms with Crippen molar-refractivity contribution in [2.45, 2.75) is 76.6 Å². The highest BCUT2D eigenvalue weighted by molar-refractivity contribution is 5.69. The standard InChI is InChI=1S/C44H48O6/c1-29-24-37(16-22-42(29)48-27-41-26-47-41)35-10-6-32(7-11-35)34-14-20-40(21-15-34)50-44(45)28-49-43-23-17-38(25-30(43)2)36-8-4-31(5-9-36)33-12-18-39(46-3)19-13-33/h8,10,12-25,31-32,41,44-45H,4-7,9,11,26-28H2,1-3H3. The summed E-state index contributed by atoms with van der Waals surface area (Å²) in [7, 11) is 1.70. The Morgan fingerprint density at radius 3 is 1.68 bits per heavy atom. The smallest absolute Gasteiger partial charge is 0.231 e. The zero-order valence-electron chi connectivity index (χ0n) is 29.4. The van der Waals surface area contributed by atoms with Crippen molar-refractivity contribution in [1.82, 2.24) is 0 Å². The lowest BCUT2D eigenvalue weighted by atomic mass is 9.82. The molecule has 0 aromatic heterocycles. The zero-order chi connectivity index (χ0) is 34.5. The first-order chi connectivity index (χ1) is 24.4. The molecule has 1 aliphatic heterocycles. The molecule has 6 nitrogen and oxygen atoms in total. The number of methoxy groups -OCH3 is 1. The first kappa shape index (κ1) is 34.0. The molecule has 1 saturated heterocycles. The second-order valence-electron chi connectivity index (χ2n) is 13.9. The predicted molar refractivity (Wildman–Crippen MR) is 198 cm³/mol. The Hall–Kier alpha value is -4.52. The summed E-state index contributed by atoms with van der Waals surface area (Å²) < 4.78 is 28.3. The summed E-state index contributed by atoms with van der Waals surface area (Å²) >= 11 is 0. The van der Waals surface area contributed by atoms with Gasteiger partial charge >= 0.3 is 0 Å². The van der Waals surface area contributed by atoms with E-state index in [1.54, 1.807) is 7.11 Å². The van der Waals surface area contributed by atoms with Gasteiger partial charge in [0.1, 0.15) is 35.7 Å². The molecule has 4 aromatic rings. The SMILES string of the molecule is COc1ccc(C2CC=C(c3ccc(OCC(O)Oc4ccc(C5CC=C(c6ccc(OCC7CO7)c(C)c6)CC5)cc4)c(C)c3)CC2)cc1. The number of hydrogen-bond donors (Lipinski definition) is 1. The molecule has 260 valence electrons. The summed E-state index contributed by atoms with van der Waals surface area (Å²) in [5.74, 6) is 4.23. The Balaban J connectivity index is 0.869. The van der Waals surface area contributed by atoms with Crippen LogP contribution in [0.4, 0.5) is 0 Å². The lowest BCUT2D eigenvalue weighted by molar-refractivity contribution is -0.0480. The summed E-state index contributed by atoms with van der Waals surface area (Å²) in [5.41, 5.74) is 10.2. The van der Waals surface area contributed by atoms with Gasteiger partial charge in [0.2, 0.25) is 6.29 Å². The summed E-state index contributed by atoms with van der Waals surface area (Å²) in [5, 5.41) is 10.6. The maximum atomic E-state index is 10.6. The second kappa shape index (κ2) is 15.6. The van der Waals surface area contributed by atoms with E-state index >= 15 is 0 Å².